The standard InChI is InChI=1S/C12H15N2O3S/c13-11(15)3-1-2-9-4-7-12(14-8-9)18(16,17)10-5-6-10/h2,4,7-8,10H,1,3,5-6H2,(H2,13,15). The predicted molar refractivity (Wildman–Crippen MR) is 66.3 cm³/mol. The Labute approximate surface area is 106 Å². The zero-order valence-corrected chi connectivity index (χ0v) is 10.7. The van der Waals surface area contributed by atoms with Crippen LogP contribution in [0.5, 0.6) is 0 Å². The van der Waals surface area contributed by atoms with Gasteiger partial charge in [0, 0.05) is 12.6 Å². The van der Waals surface area contributed by atoms with E-state index in [0.717, 1.165) is 18.4 Å². The Morgan fingerprint density at radius 2 is 2.17 bits per heavy atom. The Bertz CT molecular complexity index is 533. The highest BCUT2D eigenvalue weighted by Gasteiger charge is 2.37. The van der Waals surface area contributed by atoms with Crippen molar-refractivity contribution < 1.29 is 13.2 Å². The number of carbonyl (C=O) groups excluding carboxylic acids is 1. The highest BCUT2D eigenvalue weighted by molar-refractivity contribution is 7.92. The van der Waals surface area contributed by atoms with Crippen LogP contribution in [0.25, 0.3) is 0 Å². The first-order valence-electron chi connectivity index (χ1n) is 5.81. The van der Waals surface area contributed by atoms with E-state index < -0.39 is 9.84 Å². The molecule has 1 aliphatic carbocycles. The molecule has 1 heterocycles. The molecule has 0 atom stereocenters. The van der Waals surface area contributed by atoms with Gasteiger partial charge in [0.15, 0.2) is 14.9 Å². The van der Waals surface area contributed by atoms with Gasteiger partial charge in [0.05, 0.1) is 5.25 Å². The summed E-state index contributed by atoms with van der Waals surface area (Å²) < 4.78 is 23.8. The van der Waals surface area contributed by atoms with Gasteiger partial charge in [0.25, 0.3) is 0 Å². The molecule has 2 N–H and O–H groups in total. The molecule has 0 saturated heterocycles. The third kappa shape index (κ3) is 3.07. The summed E-state index contributed by atoms with van der Waals surface area (Å²) in [5.41, 5.74) is 5.82. The minimum atomic E-state index is -3.22. The van der Waals surface area contributed by atoms with E-state index in [-0.39, 0.29) is 22.6 Å². The van der Waals surface area contributed by atoms with Crippen molar-refractivity contribution in [2.45, 2.75) is 36.0 Å². The fraction of sp³-hybridized carbons (Fsp3) is 0.417. The molecule has 0 unspecified atom stereocenters. The van der Waals surface area contributed by atoms with E-state index in [4.69, 9.17) is 5.73 Å². The average Bonchev–Trinajstić information content (AvgIpc) is 3.13. The number of carbonyl (C=O) groups is 1. The lowest BCUT2D eigenvalue weighted by molar-refractivity contribution is -0.117. The number of hydrogen-bond acceptors (Lipinski definition) is 4. The van der Waals surface area contributed by atoms with Crippen LogP contribution in [-0.2, 0) is 14.6 Å². The van der Waals surface area contributed by atoms with Crippen molar-refractivity contribution in [3.8, 4) is 0 Å². The van der Waals surface area contributed by atoms with Crippen LogP contribution in [-0.4, -0.2) is 24.6 Å². The first-order chi connectivity index (χ1) is 8.50. The van der Waals surface area contributed by atoms with Crippen molar-refractivity contribution in [3.63, 3.8) is 0 Å². The lowest BCUT2D eigenvalue weighted by Gasteiger charge is -2.03. The Balaban J connectivity index is 1.99. The van der Waals surface area contributed by atoms with E-state index >= 15 is 0 Å². The second-order valence-corrected chi connectivity index (χ2v) is 6.56. The summed E-state index contributed by atoms with van der Waals surface area (Å²) >= 11 is 0. The number of aromatic nitrogens is 1. The normalized spacial score (nSPS) is 15.6. The van der Waals surface area contributed by atoms with Crippen LogP contribution in [0.4, 0.5) is 0 Å². The minimum absolute atomic E-state index is 0.136. The molecule has 1 saturated carbocycles. The third-order valence-corrected chi connectivity index (χ3v) is 4.96. The number of hydrogen-bond donors (Lipinski definition) is 1. The molecule has 0 aliphatic heterocycles. The third-order valence-electron chi connectivity index (χ3n) is 2.78. The largest absolute Gasteiger partial charge is 0.370 e. The maximum atomic E-state index is 11.9. The van der Waals surface area contributed by atoms with Crippen molar-refractivity contribution in [2.75, 3.05) is 0 Å². The Hall–Kier alpha value is -1.43. The van der Waals surface area contributed by atoms with Gasteiger partial charge in [0.1, 0.15) is 0 Å². The van der Waals surface area contributed by atoms with Gasteiger partial charge in [0.2, 0.25) is 5.91 Å². The van der Waals surface area contributed by atoms with Crippen molar-refractivity contribution in [3.05, 3.63) is 30.3 Å². The molecule has 1 amide bonds. The minimum Gasteiger partial charge on any atom is -0.370 e. The topological polar surface area (TPSA) is 90.1 Å². The van der Waals surface area contributed by atoms with Crippen molar-refractivity contribution >= 4 is 15.7 Å². The molecule has 1 aromatic rings. The quantitative estimate of drug-likeness (QED) is 0.826. The van der Waals surface area contributed by atoms with Gasteiger partial charge in [-0.3, -0.25) is 4.79 Å². The van der Waals surface area contributed by atoms with E-state index in [1.165, 1.54) is 12.3 Å². The number of rotatable bonds is 6. The monoisotopic (exact) mass is 267 g/mol. The summed E-state index contributed by atoms with van der Waals surface area (Å²) in [7, 11) is -3.22. The molecule has 2 rings (SSSR count). The van der Waals surface area contributed by atoms with E-state index in [2.05, 4.69) is 4.98 Å². The van der Waals surface area contributed by atoms with Crippen molar-refractivity contribution in [1.82, 2.24) is 4.98 Å². The maximum absolute atomic E-state index is 11.9. The lowest BCUT2D eigenvalue weighted by Crippen LogP contribution is -2.10. The molecule has 97 valence electrons. The fourth-order valence-corrected chi connectivity index (χ4v) is 3.17. The first kappa shape index (κ1) is 13.0. The van der Waals surface area contributed by atoms with Crippen LogP contribution in [0.1, 0.15) is 31.2 Å². The van der Waals surface area contributed by atoms with Gasteiger partial charge in [-0.1, -0.05) is 6.07 Å². The Kier molecular flexibility index (Phi) is 3.65. The summed E-state index contributed by atoms with van der Waals surface area (Å²) in [5.74, 6) is -0.354. The summed E-state index contributed by atoms with van der Waals surface area (Å²) in [6, 6.07) is 3.22. The number of amides is 1. The maximum Gasteiger partial charge on any atom is 0.217 e. The lowest BCUT2D eigenvalue weighted by atomic mass is 10.1. The Morgan fingerprint density at radius 3 is 2.67 bits per heavy atom. The second kappa shape index (κ2) is 5.06. The second-order valence-electron chi connectivity index (χ2n) is 4.38. The van der Waals surface area contributed by atoms with Crippen LogP contribution < -0.4 is 5.73 Å². The van der Waals surface area contributed by atoms with Gasteiger partial charge >= 0.3 is 0 Å². The van der Waals surface area contributed by atoms with Gasteiger partial charge < -0.3 is 5.73 Å². The van der Waals surface area contributed by atoms with E-state index in [1.54, 1.807) is 6.07 Å². The number of sulfone groups is 1. The van der Waals surface area contributed by atoms with Crippen molar-refractivity contribution in [1.29, 1.82) is 0 Å². The summed E-state index contributed by atoms with van der Waals surface area (Å²) in [6.45, 7) is 0. The molecule has 18 heavy (non-hydrogen) atoms. The Morgan fingerprint density at radius 1 is 1.44 bits per heavy atom. The highest BCUT2D eigenvalue weighted by atomic mass is 32.2. The smallest absolute Gasteiger partial charge is 0.217 e. The van der Waals surface area contributed by atoms with Crippen molar-refractivity contribution in [2.24, 2.45) is 5.73 Å². The molecule has 0 aromatic carbocycles. The first-order valence-corrected chi connectivity index (χ1v) is 7.36. The number of nitrogens with two attached hydrogens (primary N) is 1. The molecule has 1 aliphatic rings. The fourth-order valence-electron chi connectivity index (χ4n) is 1.61. The molecule has 1 aromatic heterocycles. The molecular weight excluding hydrogens is 252 g/mol. The van der Waals surface area contributed by atoms with Crippen LogP contribution in [0.2, 0.25) is 0 Å². The van der Waals surface area contributed by atoms with Crippen LogP contribution in [0, 0.1) is 6.42 Å². The SMILES string of the molecule is NC(=O)CC[CH]c1ccc(S(=O)(=O)C2CC2)nc1. The molecule has 6 heteroatoms. The van der Waals surface area contributed by atoms with E-state index in [9.17, 15) is 13.2 Å². The summed E-state index contributed by atoms with van der Waals surface area (Å²) in [4.78, 5) is 14.5. The number of nitrogens with zero attached hydrogens (tertiary/aromatic N) is 1. The summed E-state index contributed by atoms with van der Waals surface area (Å²) in [6.07, 6.45) is 5.60. The number of pyridine rings is 1. The van der Waals surface area contributed by atoms with Gasteiger partial charge in [-0.15, -0.1) is 0 Å². The molecule has 1 radical (unpaired) electrons. The molecule has 1 fully saturated rings. The van der Waals surface area contributed by atoms with Crippen LogP contribution in [0.3, 0.4) is 0 Å². The van der Waals surface area contributed by atoms with Gasteiger partial charge in [-0.2, -0.15) is 0 Å². The molecule has 0 spiro atoms. The van der Waals surface area contributed by atoms with Gasteiger partial charge in [-0.25, -0.2) is 13.4 Å². The zero-order chi connectivity index (χ0) is 13.2. The highest BCUT2D eigenvalue weighted by Crippen LogP contribution is 2.32. The molecular formula is C12H15N2O3S. The average molecular weight is 267 g/mol. The van der Waals surface area contributed by atoms with Crippen LogP contribution >= 0.6 is 0 Å². The summed E-state index contributed by atoms with van der Waals surface area (Å²) in [5, 5.41) is -0.105. The predicted octanol–water partition coefficient (Wildman–Crippen LogP) is 0.836. The van der Waals surface area contributed by atoms with Gasteiger partial charge in [-0.05, 0) is 37.3 Å². The van der Waals surface area contributed by atoms with E-state index in [0.29, 0.717) is 6.42 Å². The van der Waals surface area contributed by atoms with Crippen LogP contribution in [0.15, 0.2) is 23.4 Å². The molecule has 0 bridgehead atoms. The number of primary amides is 1. The van der Waals surface area contributed by atoms with E-state index in [1.807, 2.05) is 6.42 Å². The molecule has 5 nitrogen and oxygen atoms in total. The zero-order valence-electron chi connectivity index (χ0n) is 9.87.